The molecule has 2 heterocycles. The number of fused-ring (bicyclic) bond motifs is 2. The molecule has 0 saturated carbocycles. The molecule has 0 fully saturated rings. The highest BCUT2D eigenvalue weighted by atomic mass is 16.5. The molecule has 4 aromatic carbocycles. The molecule has 2 N–H and O–H groups in total. The van der Waals surface area contributed by atoms with Crippen LogP contribution in [0.25, 0.3) is 0 Å². The highest BCUT2D eigenvalue weighted by Gasteiger charge is 2.42. The number of phenolic OH excluding ortho intramolecular Hbond substituents is 2. The summed E-state index contributed by atoms with van der Waals surface area (Å²) in [4.78, 5) is 13.7. The number of aromatic hydroxyl groups is 2. The molecule has 4 aromatic rings. The van der Waals surface area contributed by atoms with Crippen molar-refractivity contribution in [2.45, 2.75) is 31.0 Å². The number of carbonyl (C=O) groups is 1. The largest absolute Gasteiger partial charge is 0.507 e. The molecule has 0 radical (unpaired) electrons. The summed E-state index contributed by atoms with van der Waals surface area (Å²) in [5, 5.41) is 22.3. The first-order chi connectivity index (χ1) is 19.9. The fourth-order valence-electron chi connectivity index (χ4n) is 5.92. The smallest absolute Gasteiger partial charge is 0.203 e. The third-order valence-corrected chi connectivity index (χ3v) is 7.78. The molecule has 8 nitrogen and oxygen atoms in total. The lowest BCUT2D eigenvalue weighted by atomic mass is 9.79. The summed E-state index contributed by atoms with van der Waals surface area (Å²) in [5.41, 5.74) is 3.00. The van der Waals surface area contributed by atoms with E-state index in [2.05, 4.69) is 0 Å². The van der Waals surface area contributed by atoms with Crippen LogP contribution in [-0.2, 0) is 0 Å². The average Bonchev–Trinajstić information content (AvgIpc) is 3.00. The van der Waals surface area contributed by atoms with Crippen LogP contribution in [0, 0.1) is 0 Å². The van der Waals surface area contributed by atoms with Gasteiger partial charge in [-0.25, -0.2) is 0 Å². The van der Waals surface area contributed by atoms with Gasteiger partial charge in [0.2, 0.25) is 5.75 Å². The highest BCUT2D eigenvalue weighted by Crippen LogP contribution is 2.59. The number of benzene rings is 4. The third-order valence-electron chi connectivity index (χ3n) is 7.78. The summed E-state index contributed by atoms with van der Waals surface area (Å²) < 4.78 is 29.9. The van der Waals surface area contributed by atoms with Crippen LogP contribution in [0.1, 0.15) is 63.6 Å². The average molecular weight is 555 g/mol. The number of ether oxygens (including phenoxy) is 5. The zero-order chi connectivity index (χ0) is 28.7. The van der Waals surface area contributed by atoms with Crippen molar-refractivity contribution < 1.29 is 38.7 Å². The van der Waals surface area contributed by atoms with Crippen LogP contribution in [0.5, 0.6) is 40.2 Å². The van der Waals surface area contributed by atoms with Gasteiger partial charge in [0.15, 0.2) is 17.3 Å². The molecule has 0 saturated heterocycles. The van der Waals surface area contributed by atoms with E-state index in [-0.39, 0.29) is 46.5 Å². The lowest BCUT2D eigenvalue weighted by Crippen LogP contribution is -2.25. The van der Waals surface area contributed by atoms with Gasteiger partial charge in [0.25, 0.3) is 0 Å². The molecule has 0 unspecified atom stereocenters. The minimum Gasteiger partial charge on any atom is -0.507 e. The van der Waals surface area contributed by atoms with Gasteiger partial charge >= 0.3 is 0 Å². The summed E-state index contributed by atoms with van der Waals surface area (Å²) in [6.45, 7) is 0. The first-order valence-electron chi connectivity index (χ1n) is 13.3. The molecule has 0 aromatic heterocycles. The number of rotatable bonds is 6. The Balaban J connectivity index is 1.61. The van der Waals surface area contributed by atoms with Crippen molar-refractivity contribution in [3.63, 3.8) is 0 Å². The maximum atomic E-state index is 13.7. The summed E-state index contributed by atoms with van der Waals surface area (Å²) >= 11 is 0. The quantitative estimate of drug-likeness (QED) is 0.279. The summed E-state index contributed by atoms with van der Waals surface area (Å²) in [7, 11) is 4.40. The first kappa shape index (κ1) is 26.4. The van der Waals surface area contributed by atoms with E-state index < -0.39 is 18.1 Å². The minimum absolute atomic E-state index is 0.0964. The van der Waals surface area contributed by atoms with Crippen LogP contribution in [0.3, 0.4) is 0 Å². The van der Waals surface area contributed by atoms with E-state index in [4.69, 9.17) is 23.7 Å². The van der Waals surface area contributed by atoms with Crippen molar-refractivity contribution in [2.24, 2.45) is 0 Å². The molecule has 8 heteroatoms. The van der Waals surface area contributed by atoms with Crippen molar-refractivity contribution in [1.29, 1.82) is 0 Å². The molecule has 0 aliphatic carbocycles. The van der Waals surface area contributed by atoms with Gasteiger partial charge in [0.1, 0.15) is 40.8 Å². The Hall–Kier alpha value is -4.85. The molecule has 2 aliphatic heterocycles. The van der Waals surface area contributed by atoms with Gasteiger partial charge in [0.05, 0.1) is 27.8 Å². The van der Waals surface area contributed by atoms with Gasteiger partial charge in [-0.2, -0.15) is 0 Å². The molecular weight excluding hydrogens is 524 g/mol. The Morgan fingerprint density at radius 2 is 1.29 bits per heavy atom. The zero-order valence-electron chi connectivity index (χ0n) is 22.9. The lowest BCUT2D eigenvalue weighted by molar-refractivity contribution is 0.0839. The van der Waals surface area contributed by atoms with Crippen molar-refractivity contribution in [2.75, 3.05) is 21.3 Å². The van der Waals surface area contributed by atoms with Crippen molar-refractivity contribution in [3.05, 3.63) is 101 Å². The van der Waals surface area contributed by atoms with Crippen LogP contribution in [0.4, 0.5) is 0 Å². The number of ketones is 1. The molecule has 41 heavy (non-hydrogen) atoms. The van der Waals surface area contributed by atoms with E-state index in [0.717, 1.165) is 11.1 Å². The number of hydrogen-bond donors (Lipinski definition) is 2. The second kappa shape index (κ2) is 10.6. The maximum absolute atomic E-state index is 13.7. The molecule has 2 aliphatic rings. The van der Waals surface area contributed by atoms with E-state index in [1.54, 1.807) is 0 Å². The van der Waals surface area contributed by atoms with Crippen LogP contribution < -0.4 is 23.7 Å². The van der Waals surface area contributed by atoms with Crippen molar-refractivity contribution in [3.8, 4) is 40.2 Å². The Kier molecular flexibility index (Phi) is 6.83. The third kappa shape index (κ3) is 4.45. The second-order valence-electron chi connectivity index (χ2n) is 10.0. The van der Waals surface area contributed by atoms with Gasteiger partial charge < -0.3 is 33.9 Å². The fraction of sp³-hybridized carbons (Fsp3) is 0.242. The summed E-state index contributed by atoms with van der Waals surface area (Å²) in [5.74, 6) is 0.308. The van der Waals surface area contributed by atoms with Gasteiger partial charge in [0, 0.05) is 35.6 Å². The Labute approximate surface area is 237 Å². The second-order valence-corrected chi connectivity index (χ2v) is 10.0. The molecule has 0 amide bonds. The van der Waals surface area contributed by atoms with Gasteiger partial charge in [-0.05, 0) is 11.1 Å². The molecule has 0 bridgehead atoms. The van der Waals surface area contributed by atoms with E-state index in [1.165, 1.54) is 33.5 Å². The molecule has 6 rings (SSSR count). The number of methoxy groups -OCH3 is 3. The minimum atomic E-state index is -0.574. The van der Waals surface area contributed by atoms with Crippen LogP contribution in [-0.4, -0.2) is 37.3 Å². The molecule has 210 valence electrons. The number of hydrogen-bond acceptors (Lipinski definition) is 8. The number of phenols is 2. The maximum Gasteiger partial charge on any atom is 0.203 e. The standard InChI is InChI=1S/C33H30O8/c1-37-26-17-23(36)31(39-3)33-29(26)20(14-24(41-33)18-10-6-4-7-11-18)28-21(34)16-27(38-2)30-22(35)15-25(40-32(28)30)19-12-8-5-9-13-19/h4-13,16-17,20,24-25,34,36H,14-15H2,1-3H3/t20-,24-,25+/m0/s1. The lowest BCUT2D eigenvalue weighted by Gasteiger charge is -2.37. The van der Waals surface area contributed by atoms with Crippen LogP contribution in [0.15, 0.2) is 72.8 Å². The Bertz CT molecular complexity index is 1600. The SMILES string of the molecule is COc1cc(O)c([C@@H]2C[C@@H](c3ccccc3)Oc3c(OC)c(O)cc(OC)c32)c2c1C(=O)C[C@H](c1ccccc1)O2. The van der Waals surface area contributed by atoms with Gasteiger partial charge in [-0.15, -0.1) is 0 Å². The van der Waals surface area contributed by atoms with E-state index in [9.17, 15) is 15.0 Å². The van der Waals surface area contributed by atoms with Gasteiger partial charge in [-0.1, -0.05) is 60.7 Å². The van der Waals surface area contributed by atoms with Crippen molar-refractivity contribution in [1.82, 2.24) is 0 Å². The normalized spacial score (nSPS) is 19.3. The monoisotopic (exact) mass is 554 g/mol. The summed E-state index contributed by atoms with van der Waals surface area (Å²) in [6, 6.07) is 22.1. The van der Waals surface area contributed by atoms with E-state index >= 15 is 0 Å². The zero-order valence-corrected chi connectivity index (χ0v) is 22.9. The number of carbonyl (C=O) groups excluding carboxylic acids is 1. The van der Waals surface area contributed by atoms with E-state index in [1.807, 2.05) is 60.7 Å². The molecular formula is C33H30O8. The highest BCUT2D eigenvalue weighted by molar-refractivity contribution is 6.03. The summed E-state index contributed by atoms with van der Waals surface area (Å²) in [6.07, 6.45) is -0.529. The predicted molar refractivity (Wildman–Crippen MR) is 151 cm³/mol. The van der Waals surface area contributed by atoms with Crippen LogP contribution >= 0.6 is 0 Å². The first-order valence-corrected chi connectivity index (χ1v) is 13.3. The predicted octanol–water partition coefficient (Wildman–Crippen LogP) is 6.49. The number of Topliss-reactive ketones (excluding diaryl/α,β-unsaturated/α-hetero) is 1. The van der Waals surface area contributed by atoms with Crippen LogP contribution in [0.2, 0.25) is 0 Å². The molecule has 0 spiro atoms. The van der Waals surface area contributed by atoms with E-state index in [0.29, 0.717) is 29.0 Å². The Morgan fingerprint density at radius 3 is 1.90 bits per heavy atom. The molecule has 3 atom stereocenters. The fourth-order valence-corrected chi connectivity index (χ4v) is 5.92. The topological polar surface area (TPSA) is 104 Å². The van der Waals surface area contributed by atoms with Gasteiger partial charge in [-0.3, -0.25) is 4.79 Å². The Morgan fingerprint density at radius 1 is 0.707 bits per heavy atom. The van der Waals surface area contributed by atoms with Crippen molar-refractivity contribution >= 4 is 5.78 Å².